The minimum Gasteiger partial charge on any atom is -0.503 e. The third-order valence-electron chi connectivity index (χ3n) is 7.25. The van der Waals surface area contributed by atoms with E-state index in [1.54, 1.807) is 20.8 Å². The van der Waals surface area contributed by atoms with E-state index < -0.39 is 82.4 Å². The number of amides is 4. The molecule has 4 amide bonds. The van der Waals surface area contributed by atoms with E-state index in [0.717, 1.165) is 0 Å². The number of carbonyl (C=O) groups excluding carboxylic acids is 4. The number of aromatic hydroxyl groups is 1. The van der Waals surface area contributed by atoms with Crippen LogP contribution in [0.25, 0.3) is 0 Å². The van der Waals surface area contributed by atoms with Gasteiger partial charge in [0.15, 0.2) is 17.4 Å². The molecule has 5 atom stereocenters. The Labute approximate surface area is 256 Å². The van der Waals surface area contributed by atoms with E-state index in [9.17, 15) is 41.8 Å². The normalized spacial score (nSPS) is 14.7. The second-order valence-corrected chi connectivity index (χ2v) is 11.3. The first kappa shape index (κ1) is 38.6. The van der Waals surface area contributed by atoms with Crippen LogP contribution < -0.4 is 26.6 Å². The quantitative estimate of drug-likeness (QED) is 0.108. The maximum atomic E-state index is 14.4. The number of nitrogens with one attached hydrogen (secondary N) is 5. The lowest BCUT2D eigenvalue weighted by molar-refractivity contribution is -0.131. The van der Waals surface area contributed by atoms with Crippen molar-refractivity contribution in [2.75, 3.05) is 13.1 Å². The van der Waals surface area contributed by atoms with E-state index >= 15 is 0 Å². The molecule has 0 spiro atoms. The Balaban J connectivity index is 3.17. The number of likely N-dealkylation sites (N-methyl/N-ethyl adjacent to an activating group) is 1. The van der Waals surface area contributed by atoms with Gasteiger partial charge in [-0.05, 0) is 38.0 Å². The lowest BCUT2D eigenvalue weighted by Crippen LogP contribution is -2.57. The second kappa shape index (κ2) is 18.4. The zero-order valence-electron chi connectivity index (χ0n) is 26.5. The van der Waals surface area contributed by atoms with Crippen LogP contribution in [0.5, 0.6) is 5.75 Å². The molecule has 1 unspecified atom stereocenters. The average molecular weight is 634 g/mol. The van der Waals surface area contributed by atoms with Crippen molar-refractivity contribution in [1.29, 1.82) is 0 Å². The van der Waals surface area contributed by atoms with Crippen molar-refractivity contribution in [3.05, 3.63) is 28.8 Å². The summed E-state index contributed by atoms with van der Waals surface area (Å²) in [7, 11) is 0. The summed E-state index contributed by atoms with van der Waals surface area (Å²) >= 11 is 0. The molecule has 0 saturated heterocycles. The number of hydrogen-bond donors (Lipinski definition) is 6. The van der Waals surface area contributed by atoms with E-state index in [2.05, 4.69) is 26.6 Å². The molecule has 1 aromatic rings. The number of rotatable bonds is 18. The molecule has 0 aliphatic carbocycles. The van der Waals surface area contributed by atoms with Crippen molar-refractivity contribution in [2.45, 2.75) is 105 Å². The summed E-state index contributed by atoms with van der Waals surface area (Å²) in [4.78, 5) is 51.8. The molecule has 250 valence electrons. The van der Waals surface area contributed by atoms with Gasteiger partial charge in [0.05, 0.1) is 6.04 Å². The summed E-state index contributed by atoms with van der Waals surface area (Å²) in [6.07, 6.45) is 2.11. The molecule has 0 bridgehead atoms. The highest BCUT2D eigenvalue weighted by Gasteiger charge is 2.34. The van der Waals surface area contributed by atoms with Gasteiger partial charge in [-0.2, -0.15) is 8.78 Å². The van der Waals surface area contributed by atoms with Crippen molar-refractivity contribution in [2.24, 2.45) is 11.8 Å². The topological polar surface area (TPSA) is 149 Å². The van der Waals surface area contributed by atoms with Gasteiger partial charge in [-0.25, -0.2) is 8.78 Å². The molecule has 1 aromatic carbocycles. The van der Waals surface area contributed by atoms with Crippen molar-refractivity contribution >= 4 is 23.6 Å². The summed E-state index contributed by atoms with van der Waals surface area (Å²) in [5.41, 5.74) is -1.64. The Morgan fingerprint density at radius 1 is 0.750 bits per heavy atom. The van der Waals surface area contributed by atoms with Crippen LogP contribution in [0.2, 0.25) is 0 Å². The van der Waals surface area contributed by atoms with Crippen LogP contribution in [0.1, 0.15) is 90.9 Å². The zero-order chi connectivity index (χ0) is 33.7. The number of hydrogen-bond acceptors (Lipinski definition) is 6. The van der Waals surface area contributed by atoms with E-state index in [1.165, 1.54) is 0 Å². The summed E-state index contributed by atoms with van der Waals surface area (Å²) < 4.78 is 56.5. The third kappa shape index (κ3) is 10.6. The molecule has 14 heteroatoms. The Kier molecular flexibility index (Phi) is 16.1. The van der Waals surface area contributed by atoms with Gasteiger partial charge in [-0.15, -0.1) is 0 Å². The second-order valence-electron chi connectivity index (χ2n) is 11.3. The predicted octanol–water partition coefficient (Wildman–Crippen LogP) is 3.41. The standard InChI is InChI=1S/C30H47F4N5O5/c1-8-12-19(28(42)37-17(13-15(5)6)14-36-18(10-3)27(41)35-11-4)38-30(44)25(16(7)9-2)39-29(43)20-21(31)23(33)26(40)24(34)22(20)32/h15-19,25,36,40H,8-14H2,1-7H3,(H,35,41)(H,37,42)(H,38,44)(H,39,43)/t16?,17-,18-,19-,25-/m0/s1. The van der Waals surface area contributed by atoms with E-state index in [4.69, 9.17) is 0 Å². The Hall–Kier alpha value is -3.42. The van der Waals surface area contributed by atoms with Crippen LogP contribution in [-0.4, -0.2) is 66.0 Å². The predicted molar refractivity (Wildman–Crippen MR) is 158 cm³/mol. The summed E-state index contributed by atoms with van der Waals surface area (Å²) in [5, 5.41) is 22.8. The van der Waals surface area contributed by atoms with Crippen molar-refractivity contribution in [3.63, 3.8) is 0 Å². The molecule has 44 heavy (non-hydrogen) atoms. The van der Waals surface area contributed by atoms with Crippen LogP contribution >= 0.6 is 0 Å². The highest BCUT2D eigenvalue weighted by molar-refractivity contribution is 5.99. The lowest BCUT2D eigenvalue weighted by Gasteiger charge is -2.29. The van der Waals surface area contributed by atoms with Crippen LogP contribution in [0.3, 0.4) is 0 Å². The van der Waals surface area contributed by atoms with Crippen molar-refractivity contribution in [1.82, 2.24) is 26.6 Å². The monoisotopic (exact) mass is 633 g/mol. The molecule has 0 aromatic heterocycles. The fourth-order valence-electron chi connectivity index (χ4n) is 4.62. The molecular formula is C30H47F4N5O5. The SMILES string of the molecule is CCC[C@H](NC(=O)[C@@H](NC(=O)c1c(F)c(F)c(O)c(F)c1F)C(C)CC)C(=O)N[C@H](CN[C@@H](CC)C(=O)NCC)CC(C)C. The molecule has 6 N–H and O–H groups in total. The summed E-state index contributed by atoms with van der Waals surface area (Å²) in [5.74, 6) is -14.0. The number of phenols is 1. The van der Waals surface area contributed by atoms with Crippen LogP contribution in [0.4, 0.5) is 17.6 Å². The largest absolute Gasteiger partial charge is 0.503 e. The number of carbonyl (C=O) groups is 4. The zero-order valence-corrected chi connectivity index (χ0v) is 26.5. The molecule has 0 aliphatic rings. The smallest absolute Gasteiger partial charge is 0.258 e. The minimum absolute atomic E-state index is 0.156. The minimum atomic E-state index is -2.15. The van der Waals surface area contributed by atoms with Gasteiger partial charge in [-0.3, -0.25) is 19.2 Å². The van der Waals surface area contributed by atoms with Gasteiger partial charge in [0.2, 0.25) is 29.4 Å². The van der Waals surface area contributed by atoms with Crippen molar-refractivity contribution in [3.8, 4) is 5.75 Å². The first-order chi connectivity index (χ1) is 20.6. The van der Waals surface area contributed by atoms with Gasteiger partial charge < -0.3 is 31.7 Å². The molecular weight excluding hydrogens is 586 g/mol. The maximum Gasteiger partial charge on any atom is 0.258 e. The first-order valence-corrected chi connectivity index (χ1v) is 15.1. The fraction of sp³-hybridized carbons (Fsp3) is 0.667. The Morgan fingerprint density at radius 2 is 1.34 bits per heavy atom. The molecule has 0 heterocycles. The first-order valence-electron chi connectivity index (χ1n) is 15.1. The maximum absolute atomic E-state index is 14.4. The molecule has 0 saturated carbocycles. The highest BCUT2D eigenvalue weighted by atomic mass is 19.2. The van der Waals surface area contributed by atoms with Crippen LogP contribution in [-0.2, 0) is 14.4 Å². The molecule has 1 rings (SSSR count). The van der Waals surface area contributed by atoms with Gasteiger partial charge >= 0.3 is 0 Å². The fourth-order valence-corrected chi connectivity index (χ4v) is 4.62. The van der Waals surface area contributed by atoms with Gasteiger partial charge in [0, 0.05) is 19.1 Å². The number of halogens is 4. The highest BCUT2D eigenvalue weighted by Crippen LogP contribution is 2.29. The summed E-state index contributed by atoms with van der Waals surface area (Å²) in [6.45, 7) is 13.4. The third-order valence-corrected chi connectivity index (χ3v) is 7.25. The molecule has 0 radical (unpaired) electrons. The van der Waals surface area contributed by atoms with Crippen LogP contribution in [0, 0.1) is 35.1 Å². The Morgan fingerprint density at radius 3 is 1.82 bits per heavy atom. The van der Waals surface area contributed by atoms with Crippen molar-refractivity contribution < 1.29 is 41.8 Å². The molecule has 0 fully saturated rings. The molecule has 0 aliphatic heterocycles. The Bertz CT molecular complexity index is 1120. The summed E-state index contributed by atoms with van der Waals surface area (Å²) in [6, 6.07) is -3.34. The van der Waals surface area contributed by atoms with Crippen LogP contribution in [0.15, 0.2) is 0 Å². The lowest BCUT2D eigenvalue weighted by atomic mass is 9.96. The van der Waals surface area contributed by atoms with E-state index in [1.807, 2.05) is 27.7 Å². The van der Waals surface area contributed by atoms with Gasteiger partial charge in [0.1, 0.15) is 17.6 Å². The number of phenolic OH excluding ortho intramolecular Hbond substituents is 1. The van der Waals surface area contributed by atoms with Gasteiger partial charge in [-0.1, -0.05) is 54.4 Å². The average Bonchev–Trinajstić information content (AvgIpc) is 2.97. The number of benzene rings is 1. The molecule has 10 nitrogen and oxygen atoms in total. The van der Waals surface area contributed by atoms with E-state index in [-0.39, 0.29) is 24.8 Å². The van der Waals surface area contributed by atoms with E-state index in [0.29, 0.717) is 32.2 Å². The van der Waals surface area contributed by atoms with Gasteiger partial charge in [0.25, 0.3) is 5.91 Å².